The van der Waals surface area contributed by atoms with Crippen molar-refractivity contribution in [3.05, 3.63) is 60.2 Å². The predicted molar refractivity (Wildman–Crippen MR) is 116 cm³/mol. The lowest BCUT2D eigenvalue weighted by atomic mass is 10.3. The lowest BCUT2D eigenvalue weighted by molar-refractivity contribution is 0.0384. The summed E-state index contributed by atoms with van der Waals surface area (Å²) in [6.45, 7) is 9.46. The predicted octanol–water partition coefficient (Wildman–Crippen LogP) is 1.71. The van der Waals surface area contributed by atoms with Crippen molar-refractivity contribution in [2.45, 2.75) is 19.5 Å². The number of nitrogens with one attached hydrogen (secondary N) is 2. The zero-order valence-electron chi connectivity index (χ0n) is 17.6. The minimum Gasteiger partial charge on any atom is -0.385 e. The molecule has 0 aliphatic carbocycles. The van der Waals surface area contributed by atoms with Crippen LogP contribution in [-0.2, 0) is 22.6 Å². The Hall–Kier alpha value is -1.90. The number of pyridine rings is 2. The highest BCUT2D eigenvalue weighted by Crippen LogP contribution is 1.96. The summed E-state index contributed by atoms with van der Waals surface area (Å²) in [4.78, 5) is 10.9. The van der Waals surface area contributed by atoms with E-state index in [0.29, 0.717) is 0 Å². The molecule has 0 aromatic carbocycles. The van der Waals surface area contributed by atoms with Crippen LogP contribution in [0.4, 0.5) is 0 Å². The Morgan fingerprint density at radius 1 is 0.931 bits per heavy atom. The summed E-state index contributed by atoms with van der Waals surface area (Å²) in [6, 6.07) is 11.9. The van der Waals surface area contributed by atoms with Crippen molar-refractivity contribution in [3.63, 3.8) is 0 Å². The van der Waals surface area contributed by atoms with Crippen LogP contribution in [0.1, 0.15) is 17.8 Å². The largest absolute Gasteiger partial charge is 0.385 e. The lowest BCUT2D eigenvalue weighted by Crippen LogP contribution is -2.40. The minimum atomic E-state index is 0.815. The summed E-state index contributed by atoms with van der Waals surface area (Å²) in [5.74, 6) is 0. The molecule has 160 valence electrons. The number of hydrogen-bond donors (Lipinski definition) is 2. The first-order valence-electron chi connectivity index (χ1n) is 10.4. The molecule has 2 aromatic heterocycles. The minimum absolute atomic E-state index is 0.815. The van der Waals surface area contributed by atoms with E-state index < -0.39 is 0 Å². The second-order valence-electron chi connectivity index (χ2n) is 6.80. The smallest absolute Gasteiger partial charge is 0.0594 e. The third-order valence-electron chi connectivity index (χ3n) is 4.48. The Bertz CT molecular complexity index is 609. The maximum atomic E-state index is 5.30. The summed E-state index contributed by atoms with van der Waals surface area (Å²) < 4.78 is 10.2. The first kappa shape index (κ1) is 23.4. The van der Waals surface area contributed by atoms with E-state index in [1.165, 1.54) is 0 Å². The Kier molecular flexibility index (Phi) is 12.9. The Labute approximate surface area is 174 Å². The standard InChI is InChI=1S/C12H19N3O.C10H16N2O/c1-2-4-14-12(3-1)11-13-5-6-15-7-9-16-10-8-15;1-13-8-4-6-11-9-10-5-2-3-7-12-10/h1-4,13H,5-11H2;2-3,5,7,11H,4,6,8-9H2,1H3. The monoisotopic (exact) mass is 401 g/mol. The summed E-state index contributed by atoms with van der Waals surface area (Å²) in [5.41, 5.74) is 2.18. The van der Waals surface area contributed by atoms with Gasteiger partial charge in [-0.05, 0) is 37.2 Å². The number of hydrogen-bond acceptors (Lipinski definition) is 7. The fourth-order valence-electron chi connectivity index (χ4n) is 2.84. The van der Waals surface area contributed by atoms with Crippen LogP contribution in [-0.4, -0.2) is 74.5 Å². The molecular weight excluding hydrogens is 366 g/mol. The van der Waals surface area contributed by atoms with Gasteiger partial charge in [-0.2, -0.15) is 0 Å². The van der Waals surface area contributed by atoms with Crippen LogP contribution < -0.4 is 10.6 Å². The van der Waals surface area contributed by atoms with Gasteiger partial charge in [-0.3, -0.25) is 14.9 Å². The lowest BCUT2D eigenvalue weighted by Gasteiger charge is -2.26. The van der Waals surface area contributed by atoms with Crippen molar-refractivity contribution in [1.82, 2.24) is 25.5 Å². The zero-order chi connectivity index (χ0) is 20.4. The first-order valence-corrected chi connectivity index (χ1v) is 10.4. The van der Waals surface area contributed by atoms with Crippen LogP contribution in [0.2, 0.25) is 0 Å². The molecule has 1 aliphatic rings. The Balaban J connectivity index is 0.000000212. The van der Waals surface area contributed by atoms with Gasteiger partial charge in [0.15, 0.2) is 0 Å². The molecule has 7 nitrogen and oxygen atoms in total. The molecule has 7 heteroatoms. The van der Waals surface area contributed by atoms with Gasteiger partial charge in [-0.15, -0.1) is 0 Å². The third kappa shape index (κ3) is 11.6. The van der Waals surface area contributed by atoms with Gasteiger partial charge >= 0.3 is 0 Å². The number of aromatic nitrogens is 2. The molecule has 1 aliphatic heterocycles. The summed E-state index contributed by atoms with van der Waals surface area (Å²) in [5, 5.41) is 6.70. The summed E-state index contributed by atoms with van der Waals surface area (Å²) in [7, 11) is 1.72. The molecule has 29 heavy (non-hydrogen) atoms. The molecular formula is C22H35N5O2. The van der Waals surface area contributed by atoms with Gasteiger partial charge in [0.1, 0.15) is 0 Å². The van der Waals surface area contributed by atoms with Gasteiger partial charge < -0.3 is 20.1 Å². The molecule has 0 unspecified atom stereocenters. The molecule has 1 saturated heterocycles. The maximum absolute atomic E-state index is 5.30. The molecule has 1 fully saturated rings. The van der Waals surface area contributed by atoms with Crippen molar-refractivity contribution >= 4 is 0 Å². The molecule has 0 bridgehead atoms. The number of morpholine rings is 1. The van der Waals surface area contributed by atoms with Crippen molar-refractivity contribution in [2.24, 2.45) is 0 Å². The fraction of sp³-hybridized carbons (Fsp3) is 0.545. The second kappa shape index (κ2) is 16.0. The van der Waals surface area contributed by atoms with Crippen molar-refractivity contribution in [2.75, 3.05) is 59.7 Å². The van der Waals surface area contributed by atoms with E-state index in [1.807, 2.05) is 48.8 Å². The van der Waals surface area contributed by atoms with Gasteiger partial charge in [0, 0.05) is 65.4 Å². The van der Waals surface area contributed by atoms with Crippen LogP contribution in [0, 0.1) is 0 Å². The van der Waals surface area contributed by atoms with Crippen molar-refractivity contribution < 1.29 is 9.47 Å². The van der Waals surface area contributed by atoms with Gasteiger partial charge in [-0.25, -0.2) is 0 Å². The van der Waals surface area contributed by atoms with Crippen LogP contribution in [0.15, 0.2) is 48.8 Å². The molecule has 0 radical (unpaired) electrons. The third-order valence-corrected chi connectivity index (χ3v) is 4.48. The summed E-state index contributed by atoms with van der Waals surface area (Å²) in [6.07, 6.45) is 4.69. The Morgan fingerprint density at radius 3 is 2.10 bits per heavy atom. The number of ether oxygens (including phenoxy) is 2. The maximum Gasteiger partial charge on any atom is 0.0594 e. The topological polar surface area (TPSA) is 71.5 Å². The molecule has 2 N–H and O–H groups in total. The summed E-state index contributed by atoms with van der Waals surface area (Å²) >= 11 is 0. The molecule has 3 heterocycles. The highest BCUT2D eigenvalue weighted by molar-refractivity contribution is 5.03. The van der Waals surface area contributed by atoms with Gasteiger partial charge in [0.05, 0.1) is 24.6 Å². The molecule has 0 atom stereocenters. The van der Waals surface area contributed by atoms with E-state index in [1.54, 1.807) is 7.11 Å². The van der Waals surface area contributed by atoms with Crippen LogP contribution in [0.5, 0.6) is 0 Å². The van der Waals surface area contributed by atoms with E-state index >= 15 is 0 Å². The number of methoxy groups -OCH3 is 1. The Morgan fingerprint density at radius 2 is 1.55 bits per heavy atom. The molecule has 2 aromatic rings. The van der Waals surface area contributed by atoms with E-state index in [9.17, 15) is 0 Å². The first-order chi connectivity index (χ1) is 14.4. The molecule has 0 saturated carbocycles. The van der Waals surface area contributed by atoms with Crippen LogP contribution in [0.25, 0.3) is 0 Å². The second-order valence-corrected chi connectivity index (χ2v) is 6.80. The van der Waals surface area contributed by atoms with Gasteiger partial charge in [0.25, 0.3) is 0 Å². The van der Waals surface area contributed by atoms with Crippen LogP contribution in [0.3, 0.4) is 0 Å². The van der Waals surface area contributed by atoms with Crippen molar-refractivity contribution in [3.8, 4) is 0 Å². The van der Waals surface area contributed by atoms with E-state index in [-0.39, 0.29) is 0 Å². The quantitative estimate of drug-likeness (QED) is 0.556. The molecule has 0 amide bonds. The average Bonchev–Trinajstić information content (AvgIpc) is 2.79. The fourth-order valence-corrected chi connectivity index (χ4v) is 2.84. The molecule has 3 rings (SSSR count). The van der Waals surface area contributed by atoms with Crippen LogP contribution >= 0.6 is 0 Å². The highest BCUT2D eigenvalue weighted by atomic mass is 16.5. The zero-order valence-corrected chi connectivity index (χ0v) is 17.6. The van der Waals surface area contributed by atoms with E-state index in [2.05, 4.69) is 25.5 Å². The normalized spacial score (nSPS) is 14.2. The van der Waals surface area contributed by atoms with Gasteiger partial charge in [0.2, 0.25) is 0 Å². The van der Waals surface area contributed by atoms with E-state index in [0.717, 1.165) is 83.4 Å². The van der Waals surface area contributed by atoms with Crippen molar-refractivity contribution in [1.29, 1.82) is 0 Å². The van der Waals surface area contributed by atoms with Gasteiger partial charge in [-0.1, -0.05) is 12.1 Å². The van der Waals surface area contributed by atoms with E-state index in [4.69, 9.17) is 9.47 Å². The number of rotatable bonds is 11. The SMILES string of the molecule is COCCCNCc1ccccn1.c1ccc(CNCCN2CCOCC2)nc1. The molecule has 0 spiro atoms. The average molecular weight is 402 g/mol. The number of nitrogens with zero attached hydrogens (tertiary/aromatic N) is 3. The highest BCUT2D eigenvalue weighted by Gasteiger charge is 2.08.